The van der Waals surface area contributed by atoms with Crippen LogP contribution in [0.5, 0.6) is 0 Å². The number of benzene rings is 2. The van der Waals surface area contributed by atoms with Gasteiger partial charge in [-0.05, 0) is 48.2 Å². The topological polar surface area (TPSA) is 56.2 Å². The van der Waals surface area contributed by atoms with Crippen molar-refractivity contribution in [3.05, 3.63) is 82.6 Å². The number of amides is 1. The van der Waals surface area contributed by atoms with Gasteiger partial charge >= 0.3 is 0 Å². The molecule has 1 aliphatic heterocycles. The number of aromatic nitrogens is 2. The first-order valence-corrected chi connectivity index (χ1v) is 10.2. The Morgan fingerprint density at radius 2 is 1.86 bits per heavy atom. The largest absolute Gasteiger partial charge is 0.381 e. The van der Waals surface area contributed by atoms with E-state index in [4.69, 9.17) is 4.74 Å². The highest BCUT2D eigenvalue weighted by molar-refractivity contribution is 9.10. The summed E-state index contributed by atoms with van der Waals surface area (Å²) in [4.78, 5) is 13.4. The van der Waals surface area contributed by atoms with Crippen molar-refractivity contribution < 1.29 is 9.53 Å². The first-order chi connectivity index (χ1) is 13.7. The summed E-state index contributed by atoms with van der Waals surface area (Å²) >= 11 is 3.48. The molecule has 0 unspecified atom stereocenters. The molecule has 2 heterocycles. The zero-order valence-electron chi connectivity index (χ0n) is 15.5. The van der Waals surface area contributed by atoms with Gasteiger partial charge in [-0.25, -0.2) is 4.68 Å². The van der Waals surface area contributed by atoms with Crippen LogP contribution in [0.15, 0.2) is 71.5 Å². The zero-order valence-corrected chi connectivity index (χ0v) is 17.1. The Kier molecular flexibility index (Phi) is 5.59. The third-order valence-electron chi connectivity index (χ3n) is 5.36. The lowest BCUT2D eigenvalue weighted by atomic mass is 9.73. The number of rotatable bonds is 5. The summed E-state index contributed by atoms with van der Waals surface area (Å²) in [5.41, 5.74) is 2.48. The molecule has 0 aliphatic carbocycles. The van der Waals surface area contributed by atoms with Crippen molar-refractivity contribution in [3.63, 3.8) is 0 Å². The molecule has 0 radical (unpaired) electrons. The van der Waals surface area contributed by atoms with Crippen molar-refractivity contribution in [2.75, 3.05) is 13.2 Å². The normalized spacial score (nSPS) is 15.9. The summed E-state index contributed by atoms with van der Waals surface area (Å²) in [5.74, 6) is 0.0494. The average Bonchev–Trinajstić information content (AvgIpc) is 3.28. The fraction of sp³-hybridized carbons (Fsp3) is 0.273. The summed E-state index contributed by atoms with van der Waals surface area (Å²) in [6.07, 6.45) is 5.02. The van der Waals surface area contributed by atoms with Gasteiger partial charge < -0.3 is 10.1 Å². The number of nitrogens with one attached hydrogen (secondary N) is 1. The molecule has 4 rings (SSSR count). The van der Waals surface area contributed by atoms with Gasteiger partial charge in [-0.2, -0.15) is 5.10 Å². The monoisotopic (exact) mass is 439 g/mol. The van der Waals surface area contributed by atoms with Gasteiger partial charge in [0.15, 0.2) is 0 Å². The Morgan fingerprint density at radius 3 is 2.57 bits per heavy atom. The first-order valence-electron chi connectivity index (χ1n) is 9.39. The van der Waals surface area contributed by atoms with Crippen LogP contribution in [0.3, 0.4) is 0 Å². The Balaban J connectivity index is 1.57. The quantitative estimate of drug-likeness (QED) is 0.653. The first kappa shape index (κ1) is 18.9. The van der Waals surface area contributed by atoms with Crippen molar-refractivity contribution in [2.45, 2.75) is 24.8 Å². The molecular formula is C22H22BrN3O2. The number of halogens is 1. The lowest BCUT2D eigenvalue weighted by Gasteiger charge is -2.36. The minimum absolute atomic E-state index is 0.0494. The molecule has 1 aliphatic rings. The van der Waals surface area contributed by atoms with Gasteiger partial charge in [-0.1, -0.05) is 46.3 Å². The van der Waals surface area contributed by atoms with E-state index >= 15 is 0 Å². The second kappa shape index (κ2) is 8.29. The van der Waals surface area contributed by atoms with Crippen molar-refractivity contribution in [3.8, 4) is 5.69 Å². The average molecular weight is 440 g/mol. The number of ether oxygens (including phenoxy) is 1. The molecule has 3 aromatic rings. The van der Waals surface area contributed by atoms with Crippen molar-refractivity contribution >= 4 is 21.8 Å². The van der Waals surface area contributed by atoms with Crippen LogP contribution >= 0.6 is 15.9 Å². The molecule has 28 heavy (non-hydrogen) atoms. The SMILES string of the molecule is O=C(NCc1ccccc1-n1cccn1)C1(c2ccc(Br)cc2)CCOCC1. The lowest BCUT2D eigenvalue weighted by molar-refractivity contribution is -0.130. The summed E-state index contributed by atoms with van der Waals surface area (Å²) in [6.45, 7) is 1.63. The summed E-state index contributed by atoms with van der Waals surface area (Å²) in [7, 11) is 0. The van der Waals surface area contributed by atoms with E-state index < -0.39 is 5.41 Å². The van der Waals surface area contributed by atoms with Crippen LogP contribution < -0.4 is 5.32 Å². The number of carbonyl (C=O) groups excluding carboxylic acids is 1. The lowest BCUT2D eigenvalue weighted by Crippen LogP contribution is -2.47. The summed E-state index contributed by atoms with van der Waals surface area (Å²) < 4.78 is 8.38. The molecule has 0 saturated carbocycles. The maximum absolute atomic E-state index is 13.4. The maximum Gasteiger partial charge on any atom is 0.231 e. The number of hydrogen-bond donors (Lipinski definition) is 1. The zero-order chi connectivity index (χ0) is 19.4. The van der Waals surface area contributed by atoms with Crippen LogP contribution in [0.25, 0.3) is 5.69 Å². The smallest absolute Gasteiger partial charge is 0.231 e. The van der Waals surface area contributed by atoms with Crippen LogP contribution in [0.2, 0.25) is 0 Å². The number of hydrogen-bond acceptors (Lipinski definition) is 3. The van der Waals surface area contributed by atoms with Gasteiger partial charge in [-0.3, -0.25) is 4.79 Å². The van der Waals surface area contributed by atoms with Crippen LogP contribution in [0, 0.1) is 0 Å². The minimum Gasteiger partial charge on any atom is -0.381 e. The van der Waals surface area contributed by atoms with Crippen molar-refractivity contribution in [1.82, 2.24) is 15.1 Å². The maximum atomic E-state index is 13.4. The number of para-hydroxylation sites is 1. The van der Waals surface area contributed by atoms with E-state index in [0.717, 1.165) is 21.3 Å². The predicted molar refractivity (Wildman–Crippen MR) is 111 cm³/mol. The summed E-state index contributed by atoms with van der Waals surface area (Å²) in [6, 6.07) is 17.9. The van der Waals surface area contributed by atoms with E-state index in [0.29, 0.717) is 32.6 Å². The molecule has 0 spiro atoms. The standard InChI is InChI=1S/C22H22BrN3O2/c23-19-8-6-18(7-9-19)22(10-14-28-15-11-22)21(27)24-16-17-4-1-2-5-20(17)26-13-3-12-25-26/h1-9,12-13H,10-11,14-16H2,(H,24,27). The minimum atomic E-state index is -0.556. The second-order valence-electron chi connectivity index (χ2n) is 6.96. The molecule has 1 N–H and O–H groups in total. The molecular weight excluding hydrogens is 418 g/mol. The van der Waals surface area contributed by atoms with E-state index in [2.05, 4.69) is 26.3 Å². The molecule has 1 amide bonds. The van der Waals surface area contributed by atoms with Crippen LogP contribution in [0.4, 0.5) is 0 Å². The molecule has 6 heteroatoms. The molecule has 0 bridgehead atoms. The van der Waals surface area contributed by atoms with E-state index in [9.17, 15) is 4.79 Å². The van der Waals surface area contributed by atoms with Gasteiger partial charge in [0.2, 0.25) is 5.91 Å². The van der Waals surface area contributed by atoms with Gasteiger partial charge in [0.25, 0.3) is 0 Å². The molecule has 5 nitrogen and oxygen atoms in total. The Bertz CT molecular complexity index is 933. The van der Waals surface area contributed by atoms with E-state index in [1.165, 1.54) is 0 Å². The van der Waals surface area contributed by atoms with E-state index in [1.807, 2.05) is 65.5 Å². The fourth-order valence-electron chi connectivity index (χ4n) is 3.78. The highest BCUT2D eigenvalue weighted by atomic mass is 79.9. The molecule has 1 saturated heterocycles. The number of carbonyl (C=O) groups is 1. The third-order valence-corrected chi connectivity index (χ3v) is 5.89. The van der Waals surface area contributed by atoms with E-state index in [-0.39, 0.29) is 5.91 Å². The van der Waals surface area contributed by atoms with Crippen LogP contribution in [-0.2, 0) is 21.5 Å². The molecule has 144 valence electrons. The van der Waals surface area contributed by atoms with Crippen molar-refractivity contribution in [2.24, 2.45) is 0 Å². The van der Waals surface area contributed by atoms with Crippen LogP contribution in [0.1, 0.15) is 24.0 Å². The van der Waals surface area contributed by atoms with E-state index in [1.54, 1.807) is 6.20 Å². The number of nitrogens with zero attached hydrogens (tertiary/aromatic N) is 2. The Hall–Kier alpha value is -2.44. The van der Waals surface area contributed by atoms with Crippen molar-refractivity contribution in [1.29, 1.82) is 0 Å². The van der Waals surface area contributed by atoms with Gasteiger partial charge in [0.05, 0.1) is 11.1 Å². The molecule has 1 aromatic heterocycles. The Labute approximate surface area is 172 Å². The van der Waals surface area contributed by atoms with Gasteiger partial charge in [-0.15, -0.1) is 0 Å². The highest BCUT2D eigenvalue weighted by Crippen LogP contribution is 2.36. The van der Waals surface area contributed by atoms with Gasteiger partial charge in [0.1, 0.15) is 0 Å². The van der Waals surface area contributed by atoms with Gasteiger partial charge in [0, 0.05) is 36.6 Å². The Morgan fingerprint density at radius 1 is 1.11 bits per heavy atom. The third kappa shape index (κ3) is 3.75. The second-order valence-corrected chi connectivity index (χ2v) is 7.88. The predicted octanol–water partition coefficient (Wildman–Crippen LogP) is 4.00. The fourth-order valence-corrected chi connectivity index (χ4v) is 4.04. The highest BCUT2D eigenvalue weighted by Gasteiger charge is 2.41. The molecule has 1 fully saturated rings. The molecule has 2 aromatic carbocycles. The van der Waals surface area contributed by atoms with Crippen LogP contribution in [-0.4, -0.2) is 28.9 Å². The summed E-state index contributed by atoms with van der Waals surface area (Å²) in [5, 5.41) is 7.49. The molecule has 0 atom stereocenters.